The van der Waals surface area contributed by atoms with Crippen LogP contribution >= 0.6 is 0 Å². The third-order valence-electron chi connectivity index (χ3n) is 3.41. The predicted octanol–water partition coefficient (Wildman–Crippen LogP) is 2.86. The maximum atomic E-state index is 12.7. The maximum Gasteiger partial charge on any atom is 0.273 e. The van der Waals surface area contributed by atoms with Crippen molar-refractivity contribution >= 4 is 11.8 Å². The highest BCUT2D eigenvalue weighted by atomic mass is 16.3. The molecule has 6 heteroatoms. The first kappa shape index (κ1) is 17.7. The van der Waals surface area contributed by atoms with E-state index in [4.69, 9.17) is 4.42 Å². The number of oxazole rings is 1. The molecule has 6 nitrogen and oxygen atoms in total. The molecule has 128 valence electrons. The first-order chi connectivity index (χ1) is 11.4. The third-order valence-corrected chi connectivity index (χ3v) is 3.41. The van der Waals surface area contributed by atoms with Crippen LogP contribution in [0.25, 0.3) is 0 Å². The molecule has 2 rings (SSSR count). The van der Waals surface area contributed by atoms with Crippen molar-refractivity contribution in [3.63, 3.8) is 0 Å². The number of nitrogens with zero attached hydrogens (tertiary/aromatic N) is 2. The highest BCUT2D eigenvalue weighted by molar-refractivity contribution is 5.94. The molecule has 0 aliphatic carbocycles. The molecular formula is C18H23N3O3. The Balaban J connectivity index is 2.13. The van der Waals surface area contributed by atoms with Gasteiger partial charge in [-0.2, -0.15) is 0 Å². The van der Waals surface area contributed by atoms with Crippen LogP contribution in [-0.4, -0.2) is 33.8 Å². The predicted molar refractivity (Wildman–Crippen MR) is 90.6 cm³/mol. The molecule has 2 aromatic rings. The van der Waals surface area contributed by atoms with Crippen LogP contribution in [0.3, 0.4) is 0 Å². The van der Waals surface area contributed by atoms with Crippen LogP contribution in [0, 0.1) is 0 Å². The Hall–Kier alpha value is -2.63. The van der Waals surface area contributed by atoms with Gasteiger partial charge in [-0.15, -0.1) is 0 Å². The molecule has 24 heavy (non-hydrogen) atoms. The topological polar surface area (TPSA) is 75.4 Å². The summed E-state index contributed by atoms with van der Waals surface area (Å²) in [5.41, 5.74) is 0.824. The Kier molecular flexibility index (Phi) is 5.73. The summed E-state index contributed by atoms with van der Waals surface area (Å²) in [5.74, 6) is -0.0515. The summed E-state index contributed by atoms with van der Waals surface area (Å²) in [6.07, 6.45) is 1.32. The first-order valence-electron chi connectivity index (χ1n) is 7.99. The summed E-state index contributed by atoms with van der Waals surface area (Å²) in [6, 6.07) is 9.05. The lowest BCUT2D eigenvalue weighted by Gasteiger charge is -2.25. The lowest BCUT2D eigenvalue weighted by atomic mass is 10.1. The average molecular weight is 329 g/mol. The fourth-order valence-electron chi connectivity index (χ4n) is 2.21. The van der Waals surface area contributed by atoms with Crippen LogP contribution < -0.4 is 5.32 Å². The van der Waals surface area contributed by atoms with Gasteiger partial charge in [0.15, 0.2) is 5.69 Å². The lowest BCUT2D eigenvalue weighted by molar-refractivity contribution is 0.0672. The molecular weight excluding hydrogens is 306 g/mol. The summed E-state index contributed by atoms with van der Waals surface area (Å²) in [5, 5.41) is 2.76. The SMILES string of the molecule is CC(C)NC(=O)c1coc(CN(C(=O)c2ccccc2)C(C)C)n1. The largest absolute Gasteiger partial charge is 0.446 e. The van der Waals surface area contributed by atoms with E-state index in [1.165, 1.54) is 6.26 Å². The molecule has 0 aliphatic rings. The van der Waals surface area contributed by atoms with Gasteiger partial charge < -0.3 is 14.6 Å². The van der Waals surface area contributed by atoms with Gasteiger partial charge in [0, 0.05) is 17.6 Å². The van der Waals surface area contributed by atoms with E-state index < -0.39 is 0 Å². The van der Waals surface area contributed by atoms with Crippen LogP contribution in [0.15, 0.2) is 41.0 Å². The van der Waals surface area contributed by atoms with E-state index in [2.05, 4.69) is 10.3 Å². The summed E-state index contributed by atoms with van der Waals surface area (Å²) in [7, 11) is 0. The van der Waals surface area contributed by atoms with Crippen molar-refractivity contribution in [1.29, 1.82) is 0 Å². The average Bonchev–Trinajstić information content (AvgIpc) is 3.01. The van der Waals surface area contributed by atoms with Gasteiger partial charge in [-0.3, -0.25) is 9.59 Å². The first-order valence-corrected chi connectivity index (χ1v) is 7.99. The van der Waals surface area contributed by atoms with Gasteiger partial charge in [0.25, 0.3) is 11.8 Å². The van der Waals surface area contributed by atoms with Crippen LogP contribution in [-0.2, 0) is 6.54 Å². The van der Waals surface area contributed by atoms with E-state index in [0.29, 0.717) is 11.5 Å². The molecule has 0 fully saturated rings. The molecule has 1 heterocycles. The van der Waals surface area contributed by atoms with Gasteiger partial charge in [-0.05, 0) is 39.8 Å². The fourth-order valence-corrected chi connectivity index (χ4v) is 2.21. The molecule has 0 aliphatic heterocycles. The number of hydrogen-bond donors (Lipinski definition) is 1. The van der Waals surface area contributed by atoms with Crippen molar-refractivity contribution in [2.75, 3.05) is 0 Å². The van der Waals surface area contributed by atoms with Crippen LogP contribution in [0.2, 0.25) is 0 Å². The zero-order valence-electron chi connectivity index (χ0n) is 14.4. The smallest absolute Gasteiger partial charge is 0.273 e. The Morgan fingerprint density at radius 3 is 2.42 bits per heavy atom. The van der Waals surface area contributed by atoms with Crippen molar-refractivity contribution in [1.82, 2.24) is 15.2 Å². The summed E-state index contributed by atoms with van der Waals surface area (Å²) in [6.45, 7) is 7.81. The van der Waals surface area contributed by atoms with E-state index >= 15 is 0 Å². The molecule has 0 spiro atoms. The minimum Gasteiger partial charge on any atom is -0.446 e. The molecule has 1 aromatic heterocycles. The van der Waals surface area contributed by atoms with Crippen LogP contribution in [0.5, 0.6) is 0 Å². The maximum absolute atomic E-state index is 12.7. The molecule has 0 bridgehead atoms. The molecule has 0 saturated carbocycles. The molecule has 0 atom stereocenters. The van der Waals surface area contributed by atoms with E-state index in [1.807, 2.05) is 45.9 Å². The highest BCUT2D eigenvalue weighted by Crippen LogP contribution is 2.13. The van der Waals surface area contributed by atoms with Crippen molar-refractivity contribution in [2.24, 2.45) is 0 Å². The fraction of sp³-hybridized carbons (Fsp3) is 0.389. The number of nitrogens with one attached hydrogen (secondary N) is 1. The highest BCUT2D eigenvalue weighted by Gasteiger charge is 2.22. The monoisotopic (exact) mass is 329 g/mol. The van der Waals surface area contributed by atoms with Crippen molar-refractivity contribution in [3.8, 4) is 0 Å². The van der Waals surface area contributed by atoms with Gasteiger partial charge in [-0.1, -0.05) is 18.2 Å². The van der Waals surface area contributed by atoms with Gasteiger partial charge in [0.2, 0.25) is 5.89 Å². The van der Waals surface area contributed by atoms with Crippen molar-refractivity contribution in [2.45, 2.75) is 46.3 Å². The minimum absolute atomic E-state index is 0.0180. The molecule has 1 aromatic carbocycles. The zero-order valence-corrected chi connectivity index (χ0v) is 14.4. The Morgan fingerprint density at radius 2 is 1.83 bits per heavy atom. The second-order valence-electron chi connectivity index (χ2n) is 6.15. The number of rotatable bonds is 6. The molecule has 0 radical (unpaired) electrons. The Labute approximate surface area is 141 Å². The summed E-state index contributed by atoms with van der Waals surface area (Å²) < 4.78 is 5.37. The van der Waals surface area contributed by atoms with E-state index in [-0.39, 0.29) is 36.1 Å². The minimum atomic E-state index is -0.287. The van der Waals surface area contributed by atoms with Gasteiger partial charge >= 0.3 is 0 Å². The normalized spacial score (nSPS) is 10.9. The number of carbonyl (C=O) groups is 2. The third kappa shape index (κ3) is 4.44. The second kappa shape index (κ2) is 7.77. The van der Waals surface area contributed by atoms with Gasteiger partial charge in [0.1, 0.15) is 6.26 Å². The Morgan fingerprint density at radius 1 is 1.17 bits per heavy atom. The van der Waals surface area contributed by atoms with Gasteiger partial charge in [-0.25, -0.2) is 4.98 Å². The van der Waals surface area contributed by atoms with Crippen LogP contribution in [0.4, 0.5) is 0 Å². The van der Waals surface area contributed by atoms with E-state index in [9.17, 15) is 9.59 Å². The number of aromatic nitrogens is 1. The second-order valence-corrected chi connectivity index (χ2v) is 6.15. The summed E-state index contributed by atoms with van der Waals surface area (Å²) in [4.78, 5) is 30.4. The van der Waals surface area contributed by atoms with E-state index in [0.717, 1.165) is 0 Å². The quantitative estimate of drug-likeness (QED) is 0.884. The molecule has 1 N–H and O–H groups in total. The van der Waals surface area contributed by atoms with Gasteiger partial charge in [0.05, 0.1) is 6.54 Å². The molecule has 2 amide bonds. The number of amides is 2. The van der Waals surface area contributed by atoms with E-state index in [1.54, 1.807) is 17.0 Å². The van der Waals surface area contributed by atoms with Crippen LogP contribution in [0.1, 0.15) is 54.4 Å². The Bertz CT molecular complexity index is 693. The molecule has 0 saturated heterocycles. The van der Waals surface area contributed by atoms with Crippen molar-refractivity contribution < 1.29 is 14.0 Å². The van der Waals surface area contributed by atoms with Crippen molar-refractivity contribution in [3.05, 3.63) is 53.7 Å². The zero-order chi connectivity index (χ0) is 17.7. The standard InChI is InChI=1S/C18H23N3O3/c1-12(2)19-17(22)15-11-24-16(20-15)10-21(13(3)4)18(23)14-8-6-5-7-9-14/h5-9,11-13H,10H2,1-4H3,(H,19,22). The molecule has 0 unspecified atom stereocenters. The number of carbonyl (C=O) groups excluding carboxylic acids is 2. The summed E-state index contributed by atoms with van der Waals surface area (Å²) >= 11 is 0. The number of benzene rings is 1. The number of hydrogen-bond acceptors (Lipinski definition) is 4. The lowest BCUT2D eigenvalue weighted by Crippen LogP contribution is -2.36.